The van der Waals surface area contributed by atoms with Crippen LogP contribution in [-0.2, 0) is 24.8 Å². The Hall–Kier alpha value is -3.52. The summed E-state index contributed by atoms with van der Waals surface area (Å²) in [5.41, 5.74) is 2.98. The van der Waals surface area contributed by atoms with Gasteiger partial charge in [-0.2, -0.15) is 0 Å². The van der Waals surface area contributed by atoms with Gasteiger partial charge in [0.15, 0.2) is 5.82 Å². The number of piperazine rings is 1. The maximum atomic E-state index is 12.8. The van der Waals surface area contributed by atoms with Crippen molar-refractivity contribution in [2.75, 3.05) is 26.2 Å². The van der Waals surface area contributed by atoms with E-state index in [1.165, 1.54) is 0 Å². The Balaban J connectivity index is 1.31. The summed E-state index contributed by atoms with van der Waals surface area (Å²) < 4.78 is 3.51. The molecule has 1 aliphatic heterocycles. The van der Waals surface area contributed by atoms with Crippen molar-refractivity contribution in [2.45, 2.75) is 19.9 Å². The van der Waals surface area contributed by atoms with Gasteiger partial charge in [0.25, 0.3) is 5.56 Å². The Bertz CT molecular complexity index is 1360. The van der Waals surface area contributed by atoms with Crippen molar-refractivity contribution in [3.05, 3.63) is 75.8 Å². The Morgan fingerprint density at radius 3 is 2.47 bits per heavy atom. The van der Waals surface area contributed by atoms with Crippen molar-refractivity contribution in [3.63, 3.8) is 0 Å². The summed E-state index contributed by atoms with van der Waals surface area (Å²) in [5.74, 6) is 1.51. The van der Waals surface area contributed by atoms with Crippen LogP contribution in [0.15, 0.2) is 53.3 Å². The molecule has 164 valence electrons. The summed E-state index contributed by atoms with van der Waals surface area (Å²) in [6, 6.07) is 15.6. The van der Waals surface area contributed by atoms with Gasteiger partial charge < -0.3 is 4.90 Å². The Morgan fingerprint density at radius 1 is 0.969 bits per heavy atom. The fraction of sp³-hybridized carbons (Fsp3) is 0.333. The fourth-order valence-electron chi connectivity index (χ4n) is 4.43. The Labute approximate surface area is 185 Å². The van der Waals surface area contributed by atoms with Crippen LogP contribution in [0.4, 0.5) is 0 Å². The van der Waals surface area contributed by atoms with E-state index in [2.05, 4.69) is 15.1 Å². The predicted molar refractivity (Wildman–Crippen MR) is 122 cm³/mol. The summed E-state index contributed by atoms with van der Waals surface area (Å²) >= 11 is 0. The number of hydrogen-bond acceptors (Lipinski definition) is 5. The summed E-state index contributed by atoms with van der Waals surface area (Å²) in [7, 11) is 1.72. The minimum atomic E-state index is -0.0761. The molecule has 1 fully saturated rings. The molecule has 2 aromatic carbocycles. The quantitative estimate of drug-likeness (QED) is 0.493. The van der Waals surface area contributed by atoms with Crippen molar-refractivity contribution in [3.8, 4) is 0 Å². The second-order valence-corrected chi connectivity index (χ2v) is 8.39. The zero-order chi connectivity index (χ0) is 22.2. The van der Waals surface area contributed by atoms with Crippen molar-refractivity contribution in [2.24, 2.45) is 7.05 Å². The van der Waals surface area contributed by atoms with E-state index in [0.29, 0.717) is 37.2 Å². The predicted octanol–water partition coefficient (Wildman–Crippen LogP) is 1.78. The van der Waals surface area contributed by atoms with Gasteiger partial charge in [0, 0.05) is 33.2 Å². The van der Waals surface area contributed by atoms with E-state index in [1.54, 1.807) is 11.6 Å². The molecule has 8 heteroatoms. The molecule has 5 rings (SSSR count). The van der Waals surface area contributed by atoms with Crippen molar-refractivity contribution < 1.29 is 4.79 Å². The highest BCUT2D eigenvalue weighted by Crippen LogP contribution is 2.16. The highest BCUT2D eigenvalue weighted by molar-refractivity contribution is 5.80. The number of benzene rings is 2. The number of amides is 1. The largest absolute Gasteiger partial charge is 0.340 e. The standard InChI is InChI=1S/C24H26N6O2/c1-17-7-3-4-8-18(17)15-22(31)29-13-11-28(12-14-29)16-21-25-26-24-27(2)23(32)19-9-5-6-10-20(19)30(21)24/h3-10H,11-16H2,1-2H3. The number of nitrogens with zero attached hydrogens (tertiary/aromatic N) is 6. The molecule has 0 spiro atoms. The zero-order valence-corrected chi connectivity index (χ0v) is 18.4. The van der Waals surface area contributed by atoms with Crippen LogP contribution in [0.3, 0.4) is 0 Å². The molecule has 0 atom stereocenters. The third kappa shape index (κ3) is 3.56. The minimum absolute atomic E-state index is 0.0761. The number of rotatable bonds is 4. The molecular formula is C24H26N6O2. The topological polar surface area (TPSA) is 75.7 Å². The van der Waals surface area contributed by atoms with Crippen molar-refractivity contribution in [1.82, 2.24) is 29.0 Å². The zero-order valence-electron chi connectivity index (χ0n) is 18.4. The molecule has 3 heterocycles. The summed E-state index contributed by atoms with van der Waals surface area (Å²) in [4.78, 5) is 29.6. The molecule has 0 N–H and O–H groups in total. The van der Waals surface area contributed by atoms with Gasteiger partial charge in [-0.15, -0.1) is 10.2 Å². The van der Waals surface area contributed by atoms with Crippen LogP contribution in [-0.4, -0.2) is 61.1 Å². The first-order valence-corrected chi connectivity index (χ1v) is 10.9. The number of carbonyl (C=O) groups is 1. The SMILES string of the molecule is Cc1ccccc1CC(=O)N1CCN(Cc2nnc3n(C)c(=O)c4ccccc4n23)CC1. The summed E-state index contributed by atoms with van der Waals surface area (Å²) in [6.07, 6.45) is 0.446. The van der Waals surface area contributed by atoms with Gasteiger partial charge in [0.05, 0.1) is 23.9 Å². The van der Waals surface area contributed by atoms with E-state index in [4.69, 9.17) is 0 Å². The molecule has 0 radical (unpaired) electrons. The number of aryl methyl sites for hydroxylation is 2. The monoisotopic (exact) mass is 430 g/mol. The third-order valence-corrected chi connectivity index (χ3v) is 6.39. The molecule has 1 aliphatic rings. The van der Waals surface area contributed by atoms with Gasteiger partial charge in [-0.25, -0.2) is 0 Å². The lowest BCUT2D eigenvalue weighted by molar-refractivity contribution is -0.132. The van der Waals surface area contributed by atoms with E-state index in [9.17, 15) is 9.59 Å². The smallest absolute Gasteiger partial charge is 0.262 e. The second-order valence-electron chi connectivity index (χ2n) is 8.39. The van der Waals surface area contributed by atoms with E-state index in [1.807, 2.05) is 64.8 Å². The minimum Gasteiger partial charge on any atom is -0.340 e. The molecule has 1 amide bonds. The number of aromatic nitrogens is 4. The van der Waals surface area contributed by atoms with Gasteiger partial charge in [-0.1, -0.05) is 36.4 Å². The van der Waals surface area contributed by atoms with E-state index < -0.39 is 0 Å². The maximum absolute atomic E-state index is 12.8. The molecule has 32 heavy (non-hydrogen) atoms. The molecule has 8 nitrogen and oxygen atoms in total. The first-order chi connectivity index (χ1) is 15.5. The van der Waals surface area contributed by atoms with Crippen molar-refractivity contribution in [1.29, 1.82) is 0 Å². The van der Waals surface area contributed by atoms with Gasteiger partial charge in [-0.05, 0) is 30.2 Å². The van der Waals surface area contributed by atoms with Crippen LogP contribution in [0, 0.1) is 6.92 Å². The fourth-order valence-corrected chi connectivity index (χ4v) is 4.43. The van der Waals surface area contributed by atoms with Crippen LogP contribution < -0.4 is 5.56 Å². The lowest BCUT2D eigenvalue weighted by Crippen LogP contribution is -2.48. The number of para-hydroxylation sites is 1. The number of fused-ring (bicyclic) bond motifs is 3. The van der Waals surface area contributed by atoms with Gasteiger partial charge in [-0.3, -0.25) is 23.5 Å². The van der Waals surface area contributed by atoms with E-state index in [-0.39, 0.29) is 11.5 Å². The van der Waals surface area contributed by atoms with Gasteiger partial charge >= 0.3 is 0 Å². The first-order valence-electron chi connectivity index (χ1n) is 10.9. The Morgan fingerprint density at radius 2 is 1.69 bits per heavy atom. The lowest BCUT2D eigenvalue weighted by Gasteiger charge is -2.34. The third-order valence-electron chi connectivity index (χ3n) is 6.39. The van der Waals surface area contributed by atoms with Crippen LogP contribution in [0.1, 0.15) is 17.0 Å². The summed E-state index contributed by atoms with van der Waals surface area (Å²) in [5, 5.41) is 9.32. The number of hydrogen-bond donors (Lipinski definition) is 0. The average Bonchev–Trinajstić information content (AvgIpc) is 3.23. The van der Waals surface area contributed by atoms with Crippen LogP contribution in [0.5, 0.6) is 0 Å². The van der Waals surface area contributed by atoms with Gasteiger partial charge in [0.1, 0.15) is 0 Å². The molecule has 0 unspecified atom stereocenters. The van der Waals surface area contributed by atoms with E-state index >= 15 is 0 Å². The van der Waals surface area contributed by atoms with Crippen LogP contribution in [0.2, 0.25) is 0 Å². The molecule has 1 saturated heterocycles. The normalized spacial score (nSPS) is 15.0. The molecule has 2 aromatic heterocycles. The average molecular weight is 431 g/mol. The molecular weight excluding hydrogens is 404 g/mol. The van der Waals surface area contributed by atoms with E-state index in [0.717, 1.165) is 35.6 Å². The highest BCUT2D eigenvalue weighted by atomic mass is 16.2. The maximum Gasteiger partial charge on any atom is 0.262 e. The summed E-state index contributed by atoms with van der Waals surface area (Å²) in [6.45, 7) is 5.60. The molecule has 0 aliphatic carbocycles. The molecule has 0 saturated carbocycles. The van der Waals surface area contributed by atoms with Gasteiger partial charge in [0.2, 0.25) is 11.7 Å². The van der Waals surface area contributed by atoms with Crippen molar-refractivity contribution >= 4 is 22.6 Å². The first kappa shape index (κ1) is 20.4. The van der Waals surface area contributed by atoms with Crippen LogP contribution >= 0.6 is 0 Å². The second kappa shape index (κ2) is 8.20. The number of carbonyl (C=O) groups excluding carboxylic acids is 1. The Kier molecular flexibility index (Phi) is 5.22. The molecule has 0 bridgehead atoms. The van der Waals surface area contributed by atoms with Crippen LogP contribution in [0.25, 0.3) is 16.7 Å². The molecule has 4 aromatic rings. The lowest BCUT2D eigenvalue weighted by atomic mass is 10.1. The highest BCUT2D eigenvalue weighted by Gasteiger charge is 2.23.